The molecule has 0 fully saturated rings. The number of fused-ring (bicyclic) bond motifs is 1. The van der Waals surface area contributed by atoms with Crippen LogP contribution in [-0.4, -0.2) is 21.9 Å². The Hall–Kier alpha value is -3.86. The molecule has 0 radical (unpaired) electrons. The van der Waals surface area contributed by atoms with Crippen molar-refractivity contribution in [1.82, 2.24) is 14.8 Å². The van der Waals surface area contributed by atoms with E-state index in [0.717, 1.165) is 34.3 Å². The Morgan fingerprint density at radius 1 is 0.828 bits per heavy atom. The van der Waals surface area contributed by atoms with Crippen molar-refractivity contribution in [2.24, 2.45) is 0 Å². The minimum Gasteiger partial charge on any atom is -0.497 e. The van der Waals surface area contributed by atoms with Gasteiger partial charge in [-0.25, -0.2) is 0 Å². The molecule has 142 valence electrons. The first-order valence-electron chi connectivity index (χ1n) is 9.42. The van der Waals surface area contributed by atoms with Crippen molar-refractivity contribution in [2.45, 2.75) is 6.54 Å². The largest absolute Gasteiger partial charge is 0.497 e. The number of hydrogen-bond acceptors (Lipinski definition) is 4. The Kier molecular flexibility index (Phi) is 4.33. The van der Waals surface area contributed by atoms with Gasteiger partial charge in [-0.05, 0) is 35.9 Å². The smallest absolute Gasteiger partial charge is 0.250 e. The zero-order chi connectivity index (χ0) is 19.6. The quantitative estimate of drug-likeness (QED) is 0.408. The summed E-state index contributed by atoms with van der Waals surface area (Å²) >= 11 is 0. The van der Waals surface area contributed by atoms with Crippen molar-refractivity contribution in [2.75, 3.05) is 7.11 Å². The molecule has 0 saturated carbocycles. The van der Waals surface area contributed by atoms with E-state index in [1.165, 1.54) is 5.56 Å². The SMILES string of the molecule is COc1ccc(Cn2cc(-c3nnc(-c4ccccc4)o3)c3ccccc32)cc1. The first kappa shape index (κ1) is 17.3. The molecule has 5 rings (SSSR count). The molecule has 0 unspecified atom stereocenters. The molecule has 0 amide bonds. The lowest BCUT2D eigenvalue weighted by Crippen LogP contribution is -1.97. The van der Waals surface area contributed by atoms with Crippen LogP contribution in [0.4, 0.5) is 0 Å². The molecule has 0 N–H and O–H groups in total. The number of rotatable bonds is 5. The van der Waals surface area contributed by atoms with E-state index in [9.17, 15) is 0 Å². The van der Waals surface area contributed by atoms with Gasteiger partial charge in [-0.15, -0.1) is 10.2 Å². The maximum atomic E-state index is 6.01. The normalized spacial score (nSPS) is 11.1. The highest BCUT2D eigenvalue weighted by Gasteiger charge is 2.16. The summed E-state index contributed by atoms with van der Waals surface area (Å²) in [6.45, 7) is 0.740. The van der Waals surface area contributed by atoms with E-state index < -0.39 is 0 Å². The van der Waals surface area contributed by atoms with Crippen LogP contribution in [0.5, 0.6) is 5.75 Å². The van der Waals surface area contributed by atoms with E-state index >= 15 is 0 Å². The topological polar surface area (TPSA) is 53.1 Å². The zero-order valence-electron chi connectivity index (χ0n) is 15.9. The Labute approximate surface area is 168 Å². The number of hydrogen-bond donors (Lipinski definition) is 0. The van der Waals surface area contributed by atoms with Crippen LogP contribution in [0, 0.1) is 0 Å². The molecule has 2 aromatic heterocycles. The van der Waals surface area contributed by atoms with Crippen LogP contribution in [0.25, 0.3) is 33.8 Å². The second-order valence-electron chi connectivity index (χ2n) is 6.81. The van der Waals surface area contributed by atoms with Crippen molar-refractivity contribution in [3.63, 3.8) is 0 Å². The molecule has 0 aliphatic heterocycles. The van der Waals surface area contributed by atoms with Gasteiger partial charge in [0.05, 0.1) is 12.7 Å². The molecule has 2 heterocycles. The number of para-hydroxylation sites is 1. The summed E-state index contributed by atoms with van der Waals surface area (Å²) in [6.07, 6.45) is 2.08. The Morgan fingerprint density at radius 2 is 1.55 bits per heavy atom. The number of benzene rings is 3. The van der Waals surface area contributed by atoms with Gasteiger partial charge in [-0.2, -0.15) is 0 Å². The summed E-state index contributed by atoms with van der Waals surface area (Å²) < 4.78 is 13.5. The van der Waals surface area contributed by atoms with Gasteiger partial charge in [-0.3, -0.25) is 0 Å². The van der Waals surface area contributed by atoms with Gasteiger partial charge in [0.15, 0.2) is 0 Å². The highest BCUT2D eigenvalue weighted by Crippen LogP contribution is 2.32. The third-order valence-corrected chi connectivity index (χ3v) is 4.98. The van der Waals surface area contributed by atoms with Crippen molar-refractivity contribution in [3.8, 4) is 28.7 Å². The average molecular weight is 381 g/mol. The molecule has 0 saturated heterocycles. The minimum atomic E-state index is 0.521. The molecule has 3 aromatic carbocycles. The maximum Gasteiger partial charge on any atom is 0.250 e. The van der Waals surface area contributed by atoms with Gasteiger partial charge in [-0.1, -0.05) is 48.5 Å². The highest BCUT2D eigenvalue weighted by molar-refractivity contribution is 5.94. The number of nitrogens with zero attached hydrogens (tertiary/aromatic N) is 3. The van der Waals surface area contributed by atoms with E-state index in [2.05, 4.69) is 45.2 Å². The molecule has 0 aliphatic carbocycles. The van der Waals surface area contributed by atoms with Gasteiger partial charge < -0.3 is 13.7 Å². The first-order chi connectivity index (χ1) is 14.3. The van der Waals surface area contributed by atoms with Crippen molar-refractivity contribution in [1.29, 1.82) is 0 Å². The Morgan fingerprint density at radius 3 is 2.34 bits per heavy atom. The van der Waals surface area contributed by atoms with Crippen LogP contribution in [0.15, 0.2) is 89.5 Å². The van der Waals surface area contributed by atoms with Crippen molar-refractivity contribution in [3.05, 3.63) is 90.6 Å². The van der Waals surface area contributed by atoms with Gasteiger partial charge in [0.1, 0.15) is 5.75 Å². The molecule has 29 heavy (non-hydrogen) atoms. The number of ether oxygens (including phenoxy) is 1. The van der Waals surface area contributed by atoms with E-state index in [0.29, 0.717) is 11.8 Å². The molecule has 5 nitrogen and oxygen atoms in total. The lowest BCUT2D eigenvalue weighted by molar-refractivity contribution is 0.414. The molecular formula is C24H19N3O2. The predicted molar refractivity (Wildman–Crippen MR) is 113 cm³/mol. The van der Waals surface area contributed by atoms with Crippen LogP contribution in [0.2, 0.25) is 0 Å². The predicted octanol–water partition coefficient (Wildman–Crippen LogP) is 5.42. The van der Waals surface area contributed by atoms with Crippen LogP contribution in [0.3, 0.4) is 0 Å². The molecule has 5 aromatic rings. The molecule has 5 heteroatoms. The molecular weight excluding hydrogens is 362 g/mol. The number of methoxy groups -OCH3 is 1. The second-order valence-corrected chi connectivity index (χ2v) is 6.81. The van der Waals surface area contributed by atoms with Crippen LogP contribution < -0.4 is 4.74 Å². The average Bonchev–Trinajstić information content (AvgIpc) is 3.41. The summed E-state index contributed by atoms with van der Waals surface area (Å²) in [7, 11) is 1.68. The van der Waals surface area contributed by atoms with Crippen molar-refractivity contribution >= 4 is 10.9 Å². The lowest BCUT2D eigenvalue weighted by Gasteiger charge is -2.06. The van der Waals surface area contributed by atoms with E-state index in [1.807, 2.05) is 54.6 Å². The fourth-order valence-electron chi connectivity index (χ4n) is 3.51. The monoisotopic (exact) mass is 381 g/mol. The Balaban J connectivity index is 1.54. The fraction of sp³-hybridized carbons (Fsp3) is 0.0833. The van der Waals surface area contributed by atoms with Gasteiger partial charge in [0.2, 0.25) is 11.8 Å². The minimum absolute atomic E-state index is 0.521. The van der Waals surface area contributed by atoms with Gasteiger partial charge in [0, 0.05) is 29.2 Å². The summed E-state index contributed by atoms with van der Waals surface area (Å²) in [5.74, 6) is 1.90. The zero-order valence-corrected chi connectivity index (χ0v) is 15.9. The molecule has 0 spiro atoms. The van der Waals surface area contributed by atoms with Gasteiger partial charge >= 0.3 is 0 Å². The molecule has 0 atom stereocenters. The summed E-state index contributed by atoms with van der Waals surface area (Å²) in [5, 5.41) is 9.64. The van der Waals surface area contributed by atoms with Crippen LogP contribution in [0.1, 0.15) is 5.56 Å². The van der Waals surface area contributed by atoms with E-state index in [1.54, 1.807) is 7.11 Å². The summed E-state index contributed by atoms with van der Waals surface area (Å²) in [4.78, 5) is 0. The fourth-order valence-corrected chi connectivity index (χ4v) is 3.51. The molecule has 0 bridgehead atoms. The second kappa shape index (κ2) is 7.28. The van der Waals surface area contributed by atoms with Crippen molar-refractivity contribution < 1.29 is 9.15 Å². The molecule has 0 aliphatic rings. The van der Waals surface area contributed by atoms with E-state index in [4.69, 9.17) is 9.15 Å². The third-order valence-electron chi connectivity index (χ3n) is 4.98. The lowest BCUT2D eigenvalue weighted by atomic mass is 10.2. The van der Waals surface area contributed by atoms with Gasteiger partial charge in [0.25, 0.3) is 0 Å². The van der Waals surface area contributed by atoms with E-state index in [-0.39, 0.29) is 0 Å². The maximum absolute atomic E-state index is 6.01. The van der Waals surface area contributed by atoms with Crippen LogP contribution in [-0.2, 0) is 6.54 Å². The summed E-state index contributed by atoms with van der Waals surface area (Å²) in [5.41, 5.74) is 4.16. The highest BCUT2D eigenvalue weighted by atomic mass is 16.5. The first-order valence-corrected chi connectivity index (χ1v) is 9.42. The Bertz CT molecular complexity index is 1250. The van der Waals surface area contributed by atoms with Crippen LogP contribution >= 0.6 is 0 Å². The standard InChI is InChI=1S/C24H19N3O2/c1-28-19-13-11-17(12-14-19)15-27-16-21(20-9-5-6-10-22(20)27)24-26-25-23(29-24)18-7-3-2-4-8-18/h2-14,16H,15H2,1H3. The number of aromatic nitrogens is 3. The third kappa shape index (κ3) is 3.27. The summed E-state index contributed by atoms with van der Waals surface area (Å²) in [6, 6.07) is 26.2.